The fourth-order valence-corrected chi connectivity index (χ4v) is 1.08. The lowest BCUT2D eigenvalue weighted by Crippen LogP contribution is -2.47. The van der Waals surface area contributed by atoms with E-state index in [1.165, 1.54) is 25.9 Å². The highest BCUT2D eigenvalue weighted by molar-refractivity contribution is 5.82. The second-order valence-corrected chi connectivity index (χ2v) is 3.64. The molecule has 0 fully saturated rings. The Morgan fingerprint density at radius 3 is 2.07 bits per heavy atom. The van der Waals surface area contributed by atoms with Gasteiger partial charge in [0.05, 0.1) is 6.10 Å². The molecule has 0 radical (unpaired) electrons. The molecule has 2 amide bonds. The summed E-state index contributed by atoms with van der Waals surface area (Å²) in [4.78, 5) is 24.6. The third-order valence-corrected chi connectivity index (χ3v) is 2.10. The Bertz CT molecular complexity index is 242. The van der Waals surface area contributed by atoms with Crippen LogP contribution in [0.3, 0.4) is 0 Å². The number of likely N-dealkylation sites (N-methyl/N-ethyl adjacent to an activating group) is 2. The zero-order valence-electron chi connectivity index (χ0n) is 9.47. The molecule has 88 valence electrons. The molecule has 0 saturated heterocycles. The van der Waals surface area contributed by atoms with Crippen molar-refractivity contribution in [2.75, 3.05) is 20.6 Å². The van der Waals surface area contributed by atoms with Crippen molar-refractivity contribution in [2.45, 2.75) is 26.0 Å². The molecule has 0 aromatic carbocycles. The number of nitrogens with zero attached hydrogens (tertiary/aromatic N) is 2. The average Bonchev–Trinajstić information content (AvgIpc) is 2.13. The molecule has 0 rings (SSSR count). The first-order valence-corrected chi connectivity index (χ1v) is 4.66. The van der Waals surface area contributed by atoms with E-state index in [-0.39, 0.29) is 6.54 Å². The molecule has 0 heterocycles. The topological polar surface area (TPSA) is 81.1 Å². The zero-order chi connectivity index (χ0) is 12.2. The maximum Gasteiger partial charge on any atom is 0.326 e. The summed E-state index contributed by atoms with van der Waals surface area (Å²) in [5.74, 6) is -1.06. The van der Waals surface area contributed by atoms with Gasteiger partial charge in [0.1, 0.15) is 6.04 Å². The molecule has 0 aliphatic rings. The van der Waals surface area contributed by atoms with Crippen molar-refractivity contribution in [1.82, 2.24) is 9.80 Å². The van der Waals surface area contributed by atoms with Gasteiger partial charge in [-0.3, -0.25) is 0 Å². The highest BCUT2D eigenvalue weighted by Crippen LogP contribution is 2.01. The number of amides is 2. The Hall–Kier alpha value is -1.30. The number of aliphatic hydroxyl groups excluding tert-OH is 1. The molecule has 6 nitrogen and oxygen atoms in total. The lowest BCUT2D eigenvalue weighted by atomic mass is 10.3. The normalized spacial score (nSPS) is 14.2. The molecule has 2 atom stereocenters. The van der Waals surface area contributed by atoms with Crippen LogP contribution >= 0.6 is 0 Å². The van der Waals surface area contributed by atoms with Crippen molar-refractivity contribution >= 4 is 12.0 Å². The Balaban J connectivity index is 4.37. The quantitative estimate of drug-likeness (QED) is 0.686. The second kappa shape index (κ2) is 5.55. The second-order valence-electron chi connectivity index (χ2n) is 3.64. The standard InChI is InChI=1S/C9H18N2O4/c1-6(12)5-10(3)9(15)11(4)7(2)8(13)14/h6-7,12H,5H2,1-4H3,(H,13,14). The number of rotatable bonds is 4. The van der Waals surface area contributed by atoms with Gasteiger partial charge in [-0.1, -0.05) is 0 Å². The van der Waals surface area contributed by atoms with Gasteiger partial charge < -0.3 is 20.0 Å². The predicted molar refractivity (Wildman–Crippen MR) is 54.6 cm³/mol. The van der Waals surface area contributed by atoms with Gasteiger partial charge >= 0.3 is 12.0 Å². The van der Waals surface area contributed by atoms with Crippen LogP contribution in [-0.4, -0.2) is 64.8 Å². The first-order chi connectivity index (χ1) is 6.77. The van der Waals surface area contributed by atoms with E-state index in [0.717, 1.165) is 4.90 Å². The molecule has 6 heteroatoms. The van der Waals surface area contributed by atoms with Crippen LogP contribution in [0.4, 0.5) is 4.79 Å². The highest BCUT2D eigenvalue weighted by atomic mass is 16.4. The van der Waals surface area contributed by atoms with Gasteiger partial charge in [0.25, 0.3) is 0 Å². The first kappa shape index (κ1) is 13.7. The molecule has 0 spiro atoms. The zero-order valence-corrected chi connectivity index (χ0v) is 9.47. The first-order valence-electron chi connectivity index (χ1n) is 4.66. The minimum atomic E-state index is -1.06. The van der Waals surface area contributed by atoms with Crippen LogP contribution in [0.5, 0.6) is 0 Å². The van der Waals surface area contributed by atoms with Crippen molar-refractivity contribution in [3.05, 3.63) is 0 Å². The molecule has 0 saturated carbocycles. The van der Waals surface area contributed by atoms with Crippen molar-refractivity contribution in [2.24, 2.45) is 0 Å². The smallest absolute Gasteiger partial charge is 0.326 e. The number of carboxylic acid groups (broad SMARTS) is 1. The monoisotopic (exact) mass is 218 g/mol. The summed E-state index contributed by atoms with van der Waals surface area (Å²) < 4.78 is 0. The summed E-state index contributed by atoms with van der Waals surface area (Å²) >= 11 is 0. The molecule has 0 aromatic heterocycles. The van der Waals surface area contributed by atoms with Crippen LogP contribution in [0.25, 0.3) is 0 Å². The maximum atomic E-state index is 11.6. The summed E-state index contributed by atoms with van der Waals surface area (Å²) in [5.41, 5.74) is 0. The van der Waals surface area contributed by atoms with Crippen LogP contribution in [0.1, 0.15) is 13.8 Å². The minimum Gasteiger partial charge on any atom is -0.480 e. The molecule has 0 bridgehead atoms. The molecular formula is C9H18N2O4. The van der Waals surface area contributed by atoms with Crippen LogP contribution in [0.2, 0.25) is 0 Å². The Labute approximate surface area is 89.1 Å². The van der Waals surface area contributed by atoms with Gasteiger partial charge in [-0.2, -0.15) is 0 Å². The number of carbonyl (C=O) groups is 2. The summed E-state index contributed by atoms with van der Waals surface area (Å²) in [6.07, 6.45) is -0.632. The number of aliphatic carboxylic acids is 1. The fraction of sp³-hybridized carbons (Fsp3) is 0.778. The summed E-state index contributed by atoms with van der Waals surface area (Å²) in [5, 5.41) is 17.8. The van der Waals surface area contributed by atoms with Crippen molar-refractivity contribution in [3.8, 4) is 0 Å². The van der Waals surface area contributed by atoms with E-state index in [1.807, 2.05) is 0 Å². The predicted octanol–water partition coefficient (Wildman–Crippen LogP) is -0.176. The number of carbonyl (C=O) groups excluding carboxylic acids is 1. The third-order valence-electron chi connectivity index (χ3n) is 2.10. The van der Waals surface area contributed by atoms with E-state index in [0.29, 0.717) is 0 Å². The Morgan fingerprint density at radius 2 is 1.73 bits per heavy atom. The number of aliphatic hydroxyl groups is 1. The van der Waals surface area contributed by atoms with E-state index in [4.69, 9.17) is 10.2 Å². The van der Waals surface area contributed by atoms with E-state index in [2.05, 4.69) is 0 Å². The van der Waals surface area contributed by atoms with Crippen LogP contribution < -0.4 is 0 Å². The number of hydrogen-bond donors (Lipinski definition) is 2. The number of hydrogen-bond acceptors (Lipinski definition) is 3. The molecule has 0 aliphatic heterocycles. The molecule has 15 heavy (non-hydrogen) atoms. The Morgan fingerprint density at radius 1 is 1.27 bits per heavy atom. The van der Waals surface area contributed by atoms with Gasteiger partial charge in [0.15, 0.2) is 0 Å². The summed E-state index contributed by atoms with van der Waals surface area (Å²) in [6.45, 7) is 3.16. The maximum absolute atomic E-state index is 11.6. The van der Waals surface area contributed by atoms with Gasteiger partial charge in [0, 0.05) is 20.6 Å². The molecule has 2 N–H and O–H groups in total. The third kappa shape index (κ3) is 4.16. The summed E-state index contributed by atoms with van der Waals surface area (Å²) in [7, 11) is 2.93. The van der Waals surface area contributed by atoms with Crippen molar-refractivity contribution in [1.29, 1.82) is 0 Å². The van der Waals surface area contributed by atoms with Crippen LogP contribution in [0.15, 0.2) is 0 Å². The average molecular weight is 218 g/mol. The molecule has 0 aromatic rings. The Kier molecular flexibility index (Phi) is 5.07. The van der Waals surface area contributed by atoms with Crippen LogP contribution in [0, 0.1) is 0 Å². The van der Waals surface area contributed by atoms with E-state index in [1.54, 1.807) is 6.92 Å². The molecular weight excluding hydrogens is 200 g/mol. The van der Waals surface area contributed by atoms with Gasteiger partial charge in [-0.15, -0.1) is 0 Å². The van der Waals surface area contributed by atoms with Gasteiger partial charge in [0.2, 0.25) is 0 Å². The largest absolute Gasteiger partial charge is 0.480 e. The highest BCUT2D eigenvalue weighted by Gasteiger charge is 2.24. The minimum absolute atomic E-state index is 0.176. The van der Waals surface area contributed by atoms with Crippen molar-refractivity contribution < 1.29 is 19.8 Å². The summed E-state index contributed by atoms with van der Waals surface area (Å²) in [6, 6.07) is -1.31. The van der Waals surface area contributed by atoms with Crippen LogP contribution in [-0.2, 0) is 4.79 Å². The lowest BCUT2D eigenvalue weighted by Gasteiger charge is -2.28. The lowest BCUT2D eigenvalue weighted by molar-refractivity contribution is -0.141. The number of urea groups is 1. The van der Waals surface area contributed by atoms with Crippen molar-refractivity contribution in [3.63, 3.8) is 0 Å². The molecule has 2 unspecified atom stereocenters. The van der Waals surface area contributed by atoms with Gasteiger partial charge in [-0.05, 0) is 13.8 Å². The fourth-order valence-electron chi connectivity index (χ4n) is 1.08. The van der Waals surface area contributed by atoms with E-state index >= 15 is 0 Å². The van der Waals surface area contributed by atoms with E-state index < -0.39 is 24.1 Å². The SMILES string of the molecule is CC(O)CN(C)C(=O)N(C)C(C)C(=O)O. The van der Waals surface area contributed by atoms with E-state index in [9.17, 15) is 9.59 Å². The molecule has 0 aliphatic carbocycles. The number of carboxylic acids is 1. The van der Waals surface area contributed by atoms with Gasteiger partial charge in [-0.25, -0.2) is 9.59 Å².